The van der Waals surface area contributed by atoms with Crippen LogP contribution >= 0.6 is 0 Å². The molecule has 1 unspecified atom stereocenters. The van der Waals surface area contributed by atoms with E-state index in [0.717, 1.165) is 25.2 Å². The van der Waals surface area contributed by atoms with Crippen molar-refractivity contribution in [3.63, 3.8) is 0 Å². The fourth-order valence-corrected chi connectivity index (χ4v) is 2.94. The highest BCUT2D eigenvalue weighted by Crippen LogP contribution is 2.38. The number of ether oxygens (including phenoxy) is 1. The van der Waals surface area contributed by atoms with E-state index in [1.807, 2.05) is 0 Å². The van der Waals surface area contributed by atoms with E-state index < -0.39 is 17.7 Å². The first-order valence-corrected chi connectivity index (χ1v) is 7.04. The Morgan fingerprint density at radius 2 is 1.77 bits per heavy atom. The molecule has 0 amide bonds. The van der Waals surface area contributed by atoms with E-state index in [2.05, 4.69) is 10.1 Å². The van der Waals surface area contributed by atoms with E-state index in [1.165, 1.54) is 12.1 Å². The number of piperidine rings is 1. The highest BCUT2D eigenvalue weighted by atomic mass is 19.4. The second-order valence-corrected chi connectivity index (χ2v) is 5.60. The second-order valence-electron chi connectivity index (χ2n) is 5.60. The maximum absolute atomic E-state index is 12.2. The summed E-state index contributed by atoms with van der Waals surface area (Å²) in [5.41, 5.74) is -0.639. The maximum atomic E-state index is 12.2. The van der Waals surface area contributed by atoms with Crippen LogP contribution in [0.2, 0.25) is 0 Å². The van der Waals surface area contributed by atoms with Crippen molar-refractivity contribution in [3.05, 3.63) is 29.8 Å². The SMILES string of the molecule is CC(C(=O)O)(c1ccc(OC(F)(F)F)cc1)C1CCNCC1. The predicted octanol–water partition coefficient (Wildman–Crippen LogP) is 2.93. The van der Waals surface area contributed by atoms with Crippen LogP contribution in [0, 0.1) is 5.92 Å². The Balaban J connectivity index is 2.27. The minimum atomic E-state index is -4.76. The van der Waals surface area contributed by atoms with Gasteiger partial charge in [0, 0.05) is 0 Å². The standard InChI is InChI=1S/C15H18F3NO3/c1-14(13(20)21,11-6-8-19-9-7-11)10-2-4-12(5-3-10)22-15(16,17)18/h2-5,11,19H,6-9H2,1H3,(H,20,21). The summed E-state index contributed by atoms with van der Waals surface area (Å²) in [5, 5.41) is 12.8. The first kappa shape index (κ1) is 16.6. The van der Waals surface area contributed by atoms with Crippen molar-refractivity contribution in [1.82, 2.24) is 5.32 Å². The maximum Gasteiger partial charge on any atom is 0.573 e. The average molecular weight is 317 g/mol. The summed E-state index contributed by atoms with van der Waals surface area (Å²) in [5.74, 6) is -1.39. The van der Waals surface area contributed by atoms with E-state index in [1.54, 1.807) is 6.92 Å². The van der Waals surface area contributed by atoms with Gasteiger partial charge < -0.3 is 15.2 Å². The zero-order chi connectivity index (χ0) is 16.4. The molecule has 0 bridgehead atoms. The summed E-state index contributed by atoms with van der Waals surface area (Å²) >= 11 is 0. The topological polar surface area (TPSA) is 58.6 Å². The molecule has 7 heteroatoms. The van der Waals surface area contributed by atoms with Gasteiger partial charge in [0.2, 0.25) is 0 Å². The van der Waals surface area contributed by atoms with Crippen molar-refractivity contribution >= 4 is 5.97 Å². The molecule has 22 heavy (non-hydrogen) atoms. The van der Waals surface area contributed by atoms with Crippen LogP contribution in [0.1, 0.15) is 25.3 Å². The number of hydrogen-bond donors (Lipinski definition) is 2. The minimum Gasteiger partial charge on any atom is -0.481 e. The Morgan fingerprint density at radius 1 is 1.23 bits per heavy atom. The summed E-state index contributed by atoms with van der Waals surface area (Å²) in [7, 11) is 0. The predicted molar refractivity (Wildman–Crippen MR) is 73.7 cm³/mol. The Morgan fingerprint density at radius 3 is 2.23 bits per heavy atom. The van der Waals surface area contributed by atoms with Crippen molar-refractivity contribution in [1.29, 1.82) is 0 Å². The number of hydrogen-bond acceptors (Lipinski definition) is 3. The summed E-state index contributed by atoms with van der Waals surface area (Å²) in [4.78, 5) is 11.8. The average Bonchev–Trinajstić information content (AvgIpc) is 2.46. The number of benzene rings is 1. The smallest absolute Gasteiger partial charge is 0.481 e. The summed E-state index contributed by atoms with van der Waals surface area (Å²) in [6, 6.07) is 5.12. The molecular formula is C15H18F3NO3. The van der Waals surface area contributed by atoms with Crippen LogP contribution in [0.5, 0.6) is 5.75 Å². The molecule has 122 valence electrons. The van der Waals surface area contributed by atoms with Crippen molar-refractivity contribution in [2.75, 3.05) is 13.1 Å². The summed E-state index contributed by atoms with van der Waals surface area (Å²) in [6.45, 7) is 3.11. The number of carboxylic acids is 1. The zero-order valence-electron chi connectivity index (χ0n) is 12.1. The first-order chi connectivity index (χ1) is 10.2. The first-order valence-electron chi connectivity index (χ1n) is 7.04. The molecule has 1 aromatic rings. The fourth-order valence-electron chi connectivity index (χ4n) is 2.94. The molecule has 2 N–H and O–H groups in total. The van der Waals surface area contributed by atoms with E-state index in [-0.39, 0.29) is 11.7 Å². The number of nitrogens with one attached hydrogen (secondary N) is 1. The molecule has 4 nitrogen and oxygen atoms in total. The van der Waals surface area contributed by atoms with Crippen LogP contribution < -0.4 is 10.1 Å². The number of carbonyl (C=O) groups is 1. The van der Waals surface area contributed by atoms with Gasteiger partial charge in [0.1, 0.15) is 5.75 Å². The molecule has 1 fully saturated rings. The molecule has 0 aromatic heterocycles. The molecule has 1 aromatic carbocycles. The van der Waals surface area contributed by atoms with Crippen LogP contribution in [0.4, 0.5) is 13.2 Å². The van der Waals surface area contributed by atoms with E-state index in [4.69, 9.17) is 0 Å². The highest BCUT2D eigenvalue weighted by molar-refractivity contribution is 5.81. The molecule has 0 spiro atoms. The molecule has 2 rings (SSSR count). The zero-order valence-corrected chi connectivity index (χ0v) is 12.1. The quantitative estimate of drug-likeness (QED) is 0.896. The van der Waals surface area contributed by atoms with Gasteiger partial charge in [-0.3, -0.25) is 4.79 Å². The van der Waals surface area contributed by atoms with Crippen LogP contribution in [0.25, 0.3) is 0 Å². The lowest BCUT2D eigenvalue weighted by Crippen LogP contribution is -2.45. The number of aliphatic carboxylic acids is 1. The van der Waals surface area contributed by atoms with Gasteiger partial charge in [-0.2, -0.15) is 0 Å². The molecule has 1 aliphatic rings. The Hall–Kier alpha value is -1.76. The van der Waals surface area contributed by atoms with Gasteiger partial charge in [-0.1, -0.05) is 12.1 Å². The lowest BCUT2D eigenvalue weighted by molar-refractivity contribution is -0.274. The Kier molecular flexibility index (Phi) is 4.65. The van der Waals surface area contributed by atoms with Gasteiger partial charge in [0.15, 0.2) is 0 Å². The van der Waals surface area contributed by atoms with Crippen LogP contribution in [0.3, 0.4) is 0 Å². The van der Waals surface area contributed by atoms with Crippen LogP contribution in [0.15, 0.2) is 24.3 Å². The summed E-state index contributed by atoms with van der Waals surface area (Å²) in [6.07, 6.45) is -3.33. The van der Waals surface area contributed by atoms with Gasteiger partial charge in [-0.25, -0.2) is 0 Å². The Labute approximate surface area is 126 Å². The largest absolute Gasteiger partial charge is 0.573 e. The van der Waals surface area contributed by atoms with Gasteiger partial charge in [-0.15, -0.1) is 13.2 Å². The molecule has 0 radical (unpaired) electrons. The van der Waals surface area contributed by atoms with Gasteiger partial charge in [0.05, 0.1) is 5.41 Å². The van der Waals surface area contributed by atoms with Gasteiger partial charge in [0.25, 0.3) is 0 Å². The third-order valence-corrected chi connectivity index (χ3v) is 4.29. The molecule has 1 aliphatic heterocycles. The monoisotopic (exact) mass is 317 g/mol. The van der Waals surface area contributed by atoms with Crippen LogP contribution in [-0.2, 0) is 10.2 Å². The lowest BCUT2D eigenvalue weighted by Gasteiger charge is -2.37. The minimum absolute atomic E-state index is 0.0689. The normalized spacial score (nSPS) is 19.5. The third kappa shape index (κ3) is 3.52. The van der Waals surface area contributed by atoms with Gasteiger partial charge in [-0.05, 0) is 56.5 Å². The molecule has 1 heterocycles. The van der Waals surface area contributed by atoms with Crippen molar-refractivity contribution in [2.45, 2.75) is 31.5 Å². The van der Waals surface area contributed by atoms with Crippen LogP contribution in [-0.4, -0.2) is 30.5 Å². The molecule has 0 saturated carbocycles. The molecule has 0 aliphatic carbocycles. The van der Waals surface area contributed by atoms with E-state index in [9.17, 15) is 23.1 Å². The highest BCUT2D eigenvalue weighted by Gasteiger charge is 2.43. The molecular weight excluding hydrogens is 299 g/mol. The second kappa shape index (κ2) is 6.16. The van der Waals surface area contributed by atoms with Gasteiger partial charge >= 0.3 is 12.3 Å². The van der Waals surface area contributed by atoms with E-state index >= 15 is 0 Å². The fraction of sp³-hybridized carbons (Fsp3) is 0.533. The lowest BCUT2D eigenvalue weighted by atomic mass is 9.68. The number of halogens is 3. The molecule has 1 saturated heterocycles. The third-order valence-electron chi connectivity index (χ3n) is 4.29. The number of carboxylic acid groups (broad SMARTS) is 1. The van der Waals surface area contributed by atoms with Crippen molar-refractivity contribution in [3.8, 4) is 5.75 Å². The molecule has 1 atom stereocenters. The number of rotatable bonds is 4. The Bertz CT molecular complexity index is 524. The van der Waals surface area contributed by atoms with E-state index in [0.29, 0.717) is 18.4 Å². The van der Waals surface area contributed by atoms with Crippen molar-refractivity contribution in [2.24, 2.45) is 5.92 Å². The summed E-state index contributed by atoms with van der Waals surface area (Å²) < 4.78 is 40.3. The van der Waals surface area contributed by atoms with Crippen molar-refractivity contribution < 1.29 is 27.8 Å². The number of alkyl halides is 3.